The van der Waals surface area contributed by atoms with Crippen molar-refractivity contribution in [3.63, 3.8) is 0 Å². The molecule has 1 aromatic heterocycles. The summed E-state index contributed by atoms with van der Waals surface area (Å²) in [5.74, 6) is 2.54. The summed E-state index contributed by atoms with van der Waals surface area (Å²) in [5, 5.41) is 4.15. The van der Waals surface area contributed by atoms with Crippen LogP contribution in [-0.4, -0.2) is 34.0 Å². The van der Waals surface area contributed by atoms with Crippen LogP contribution < -0.4 is 0 Å². The first-order valence-electron chi connectivity index (χ1n) is 9.45. The SMILES string of the molecule is O=C(C1CC1)N1CCC(c2nc(CCCc3ccccc3)no2)CC1. The Balaban J connectivity index is 1.25. The quantitative estimate of drug-likeness (QED) is 0.810. The number of hydrogen-bond acceptors (Lipinski definition) is 4. The molecule has 25 heavy (non-hydrogen) atoms. The van der Waals surface area contributed by atoms with Crippen LogP contribution in [-0.2, 0) is 17.6 Å². The van der Waals surface area contributed by atoms with Crippen molar-refractivity contribution in [2.75, 3.05) is 13.1 Å². The summed E-state index contributed by atoms with van der Waals surface area (Å²) in [7, 11) is 0. The summed E-state index contributed by atoms with van der Waals surface area (Å²) in [6.07, 6.45) is 6.93. The molecule has 1 saturated carbocycles. The van der Waals surface area contributed by atoms with Crippen molar-refractivity contribution in [1.82, 2.24) is 15.0 Å². The Hall–Kier alpha value is -2.17. The van der Waals surface area contributed by atoms with Gasteiger partial charge in [-0.05, 0) is 44.1 Å². The molecule has 2 heterocycles. The minimum absolute atomic E-state index is 0.304. The van der Waals surface area contributed by atoms with E-state index in [1.165, 1.54) is 5.56 Å². The molecule has 0 bridgehead atoms. The van der Waals surface area contributed by atoms with Crippen LogP contribution in [0.4, 0.5) is 0 Å². The second-order valence-corrected chi connectivity index (χ2v) is 7.26. The molecule has 4 rings (SSSR count). The summed E-state index contributed by atoms with van der Waals surface area (Å²) in [4.78, 5) is 18.7. The van der Waals surface area contributed by atoms with E-state index in [9.17, 15) is 4.79 Å². The fourth-order valence-corrected chi connectivity index (χ4v) is 3.57. The van der Waals surface area contributed by atoms with Crippen molar-refractivity contribution in [2.24, 2.45) is 5.92 Å². The minimum Gasteiger partial charge on any atom is -0.342 e. The van der Waals surface area contributed by atoms with Gasteiger partial charge in [0.1, 0.15) is 0 Å². The van der Waals surface area contributed by atoms with Gasteiger partial charge in [0.2, 0.25) is 11.8 Å². The van der Waals surface area contributed by atoms with Gasteiger partial charge in [0.15, 0.2) is 5.82 Å². The normalized spacial score (nSPS) is 18.5. The highest BCUT2D eigenvalue weighted by atomic mass is 16.5. The second kappa shape index (κ2) is 7.38. The van der Waals surface area contributed by atoms with E-state index in [-0.39, 0.29) is 0 Å². The van der Waals surface area contributed by atoms with Crippen molar-refractivity contribution < 1.29 is 9.32 Å². The molecule has 2 fully saturated rings. The number of piperidine rings is 1. The molecule has 0 atom stereocenters. The van der Waals surface area contributed by atoms with E-state index in [0.29, 0.717) is 17.7 Å². The van der Waals surface area contributed by atoms with Gasteiger partial charge in [0, 0.05) is 31.3 Å². The Bertz CT molecular complexity index is 701. The molecular formula is C20H25N3O2. The topological polar surface area (TPSA) is 59.2 Å². The van der Waals surface area contributed by atoms with Crippen LogP contribution in [0.5, 0.6) is 0 Å². The lowest BCUT2D eigenvalue weighted by molar-refractivity contribution is -0.133. The van der Waals surface area contributed by atoms with Crippen LogP contribution in [0.2, 0.25) is 0 Å². The van der Waals surface area contributed by atoms with E-state index in [0.717, 1.165) is 69.8 Å². The predicted octanol–water partition coefficient (Wildman–Crippen LogP) is 3.36. The van der Waals surface area contributed by atoms with Crippen LogP contribution in [0.1, 0.15) is 55.3 Å². The van der Waals surface area contributed by atoms with E-state index in [1.807, 2.05) is 11.0 Å². The van der Waals surface area contributed by atoms with Crippen LogP contribution in [0.25, 0.3) is 0 Å². The highest BCUT2D eigenvalue weighted by molar-refractivity contribution is 5.81. The molecule has 1 saturated heterocycles. The van der Waals surface area contributed by atoms with Gasteiger partial charge in [0.25, 0.3) is 0 Å². The molecule has 1 amide bonds. The van der Waals surface area contributed by atoms with E-state index >= 15 is 0 Å². The van der Waals surface area contributed by atoms with Gasteiger partial charge in [-0.1, -0.05) is 35.5 Å². The third kappa shape index (κ3) is 4.09. The summed E-state index contributed by atoms with van der Waals surface area (Å²) in [6, 6.07) is 10.5. The monoisotopic (exact) mass is 339 g/mol. The van der Waals surface area contributed by atoms with E-state index in [1.54, 1.807) is 0 Å². The van der Waals surface area contributed by atoms with E-state index < -0.39 is 0 Å². The molecule has 132 valence electrons. The average Bonchev–Trinajstić information content (AvgIpc) is 3.41. The standard InChI is InChI=1S/C20H25N3O2/c24-20(17-9-10-17)23-13-11-16(12-14-23)19-21-18(22-25-19)8-4-7-15-5-2-1-3-6-15/h1-3,5-6,16-17H,4,7-14H2. The highest BCUT2D eigenvalue weighted by Crippen LogP contribution is 2.34. The first kappa shape index (κ1) is 16.3. The fourth-order valence-electron chi connectivity index (χ4n) is 3.57. The van der Waals surface area contributed by atoms with Crippen LogP contribution in [0, 0.1) is 5.92 Å². The zero-order chi connectivity index (χ0) is 17.1. The number of nitrogens with zero attached hydrogens (tertiary/aromatic N) is 3. The van der Waals surface area contributed by atoms with Gasteiger partial charge in [-0.2, -0.15) is 4.98 Å². The van der Waals surface area contributed by atoms with Crippen molar-refractivity contribution in [1.29, 1.82) is 0 Å². The number of likely N-dealkylation sites (tertiary alicyclic amines) is 1. The summed E-state index contributed by atoms with van der Waals surface area (Å²) < 4.78 is 5.50. The molecule has 5 nitrogen and oxygen atoms in total. The average molecular weight is 339 g/mol. The lowest BCUT2D eigenvalue weighted by Crippen LogP contribution is -2.38. The predicted molar refractivity (Wildman–Crippen MR) is 94.0 cm³/mol. The molecule has 1 aliphatic carbocycles. The number of amides is 1. The van der Waals surface area contributed by atoms with E-state index in [4.69, 9.17) is 4.52 Å². The first-order chi connectivity index (χ1) is 12.3. The van der Waals surface area contributed by atoms with Gasteiger partial charge >= 0.3 is 0 Å². The van der Waals surface area contributed by atoms with Crippen LogP contribution in [0.3, 0.4) is 0 Å². The maximum absolute atomic E-state index is 12.1. The third-order valence-corrected chi connectivity index (χ3v) is 5.27. The molecule has 1 aromatic carbocycles. The Kier molecular flexibility index (Phi) is 4.81. The van der Waals surface area contributed by atoms with Gasteiger partial charge in [-0.15, -0.1) is 0 Å². The van der Waals surface area contributed by atoms with Gasteiger partial charge in [0.05, 0.1) is 0 Å². The first-order valence-corrected chi connectivity index (χ1v) is 9.45. The summed E-state index contributed by atoms with van der Waals surface area (Å²) in [5.41, 5.74) is 1.35. The van der Waals surface area contributed by atoms with Crippen LogP contribution in [0.15, 0.2) is 34.9 Å². The van der Waals surface area contributed by atoms with Crippen molar-refractivity contribution >= 4 is 5.91 Å². The molecule has 1 aliphatic heterocycles. The third-order valence-electron chi connectivity index (χ3n) is 5.27. The zero-order valence-electron chi connectivity index (χ0n) is 14.6. The lowest BCUT2D eigenvalue weighted by Gasteiger charge is -2.30. The molecule has 0 radical (unpaired) electrons. The maximum atomic E-state index is 12.1. The molecule has 0 unspecified atom stereocenters. The van der Waals surface area contributed by atoms with Gasteiger partial charge in [-0.3, -0.25) is 4.79 Å². The molecule has 0 spiro atoms. The molecule has 2 aromatic rings. The van der Waals surface area contributed by atoms with E-state index in [2.05, 4.69) is 34.4 Å². The number of aromatic nitrogens is 2. The summed E-state index contributed by atoms with van der Waals surface area (Å²) in [6.45, 7) is 1.65. The number of carbonyl (C=O) groups excluding carboxylic acids is 1. The zero-order valence-corrected chi connectivity index (χ0v) is 14.6. The number of rotatable bonds is 6. The number of hydrogen-bond donors (Lipinski definition) is 0. The Morgan fingerprint density at radius 1 is 1.08 bits per heavy atom. The van der Waals surface area contributed by atoms with Crippen LogP contribution >= 0.6 is 0 Å². The lowest BCUT2D eigenvalue weighted by atomic mass is 9.96. The second-order valence-electron chi connectivity index (χ2n) is 7.26. The summed E-state index contributed by atoms with van der Waals surface area (Å²) >= 11 is 0. The number of carbonyl (C=O) groups is 1. The molecule has 5 heteroatoms. The molecule has 0 N–H and O–H groups in total. The van der Waals surface area contributed by atoms with Crippen molar-refractivity contribution in [3.8, 4) is 0 Å². The Morgan fingerprint density at radius 2 is 1.84 bits per heavy atom. The van der Waals surface area contributed by atoms with Gasteiger partial charge in [-0.25, -0.2) is 0 Å². The number of aryl methyl sites for hydroxylation is 2. The van der Waals surface area contributed by atoms with Crippen molar-refractivity contribution in [2.45, 2.75) is 50.9 Å². The maximum Gasteiger partial charge on any atom is 0.229 e. The minimum atomic E-state index is 0.304. The molecular weight excluding hydrogens is 314 g/mol. The Labute approximate surface area is 148 Å². The van der Waals surface area contributed by atoms with Gasteiger partial charge < -0.3 is 9.42 Å². The molecule has 2 aliphatic rings. The van der Waals surface area contributed by atoms with Crippen molar-refractivity contribution in [3.05, 3.63) is 47.6 Å². The highest BCUT2D eigenvalue weighted by Gasteiger charge is 2.35. The Morgan fingerprint density at radius 3 is 2.56 bits per heavy atom. The largest absolute Gasteiger partial charge is 0.342 e. The fraction of sp³-hybridized carbons (Fsp3) is 0.550. The number of benzene rings is 1. The smallest absolute Gasteiger partial charge is 0.229 e.